The summed E-state index contributed by atoms with van der Waals surface area (Å²) >= 11 is 0. The molecule has 35 heavy (non-hydrogen) atoms. The Hall–Kier alpha value is -3.92. The number of amides is 1. The number of anilines is 1. The SMILES string of the molecule is Cc1cc(F)c(C(=O)Nc2cccc(-c3nnc4n3CCC[C@@H]4O)n2)cc1-n1cnc(C2CC2)c1. The maximum absolute atomic E-state index is 14.8. The Morgan fingerprint density at radius 3 is 2.89 bits per heavy atom. The number of hydrogen-bond acceptors (Lipinski definition) is 6. The van der Waals surface area contributed by atoms with Crippen molar-refractivity contribution < 1.29 is 14.3 Å². The highest BCUT2D eigenvalue weighted by Crippen LogP contribution is 2.39. The molecule has 4 heterocycles. The van der Waals surface area contributed by atoms with E-state index in [0.29, 0.717) is 47.5 Å². The van der Waals surface area contributed by atoms with Crippen LogP contribution in [0.5, 0.6) is 0 Å². The summed E-state index contributed by atoms with van der Waals surface area (Å²) in [6, 6.07) is 8.03. The summed E-state index contributed by atoms with van der Waals surface area (Å²) in [5, 5.41) is 21.2. The van der Waals surface area contributed by atoms with Crippen LogP contribution in [0, 0.1) is 12.7 Å². The molecule has 4 aromatic rings. The molecule has 2 aliphatic rings. The van der Waals surface area contributed by atoms with Crippen LogP contribution < -0.4 is 5.32 Å². The minimum Gasteiger partial charge on any atom is -0.385 e. The number of aliphatic hydroxyl groups excluding tert-OH is 1. The van der Waals surface area contributed by atoms with Crippen molar-refractivity contribution >= 4 is 11.7 Å². The first-order valence-electron chi connectivity index (χ1n) is 11.7. The van der Waals surface area contributed by atoms with E-state index in [1.807, 2.05) is 15.3 Å². The van der Waals surface area contributed by atoms with Crippen molar-refractivity contribution in [3.63, 3.8) is 0 Å². The average Bonchev–Trinajstić information content (AvgIpc) is 3.40. The van der Waals surface area contributed by atoms with Crippen LogP contribution in [-0.4, -0.2) is 40.3 Å². The summed E-state index contributed by atoms with van der Waals surface area (Å²) in [6.45, 7) is 2.49. The van der Waals surface area contributed by atoms with Gasteiger partial charge in [-0.25, -0.2) is 14.4 Å². The molecule has 9 nitrogen and oxygen atoms in total. The highest BCUT2D eigenvalue weighted by Gasteiger charge is 2.27. The number of carbonyl (C=O) groups is 1. The Kier molecular flexibility index (Phi) is 5.18. The van der Waals surface area contributed by atoms with Gasteiger partial charge in [-0.1, -0.05) is 6.07 Å². The van der Waals surface area contributed by atoms with Crippen molar-refractivity contribution in [2.75, 3.05) is 5.32 Å². The van der Waals surface area contributed by atoms with Gasteiger partial charge < -0.3 is 19.6 Å². The van der Waals surface area contributed by atoms with Gasteiger partial charge in [-0.2, -0.15) is 0 Å². The van der Waals surface area contributed by atoms with Gasteiger partial charge in [-0.3, -0.25) is 4.79 Å². The third-order valence-corrected chi connectivity index (χ3v) is 6.56. The van der Waals surface area contributed by atoms with Crippen LogP contribution in [-0.2, 0) is 6.54 Å². The zero-order chi connectivity index (χ0) is 24.1. The maximum Gasteiger partial charge on any atom is 0.259 e. The minimum atomic E-state index is -0.651. The molecule has 0 unspecified atom stereocenters. The standard InChI is InChI=1S/C25H24FN7O2/c1-14-10-17(26)16(11-20(14)32-12-19(27-13-32)15-7-8-15)25(35)29-22-6-2-4-18(28-22)23-30-31-24-21(34)5-3-9-33(23)24/h2,4,6,10-13,15,21,34H,3,5,7-9H2,1H3,(H,28,29,35)/t21-/m0/s1. The molecular weight excluding hydrogens is 449 g/mol. The van der Waals surface area contributed by atoms with Crippen LogP contribution in [0.15, 0.2) is 42.9 Å². The number of hydrogen-bond donors (Lipinski definition) is 2. The van der Waals surface area contributed by atoms with Gasteiger partial charge in [0.25, 0.3) is 5.91 Å². The van der Waals surface area contributed by atoms with E-state index in [-0.39, 0.29) is 11.4 Å². The monoisotopic (exact) mass is 473 g/mol. The lowest BCUT2D eigenvalue weighted by Crippen LogP contribution is -2.17. The van der Waals surface area contributed by atoms with E-state index in [1.54, 1.807) is 37.5 Å². The number of rotatable bonds is 5. The van der Waals surface area contributed by atoms with E-state index >= 15 is 0 Å². The molecule has 0 saturated heterocycles. The van der Waals surface area contributed by atoms with E-state index in [4.69, 9.17) is 0 Å². The molecule has 1 atom stereocenters. The van der Waals surface area contributed by atoms with Gasteiger partial charge in [-0.05, 0) is 62.4 Å². The number of aryl methyl sites for hydroxylation is 1. The molecular formula is C25H24FN7O2. The molecule has 1 amide bonds. The van der Waals surface area contributed by atoms with Gasteiger partial charge >= 0.3 is 0 Å². The van der Waals surface area contributed by atoms with Crippen molar-refractivity contribution in [3.8, 4) is 17.2 Å². The number of pyridine rings is 1. The fourth-order valence-corrected chi connectivity index (χ4v) is 4.53. The van der Waals surface area contributed by atoms with Gasteiger partial charge in [0.2, 0.25) is 0 Å². The van der Waals surface area contributed by atoms with Crippen molar-refractivity contribution in [3.05, 3.63) is 71.3 Å². The largest absolute Gasteiger partial charge is 0.385 e. The smallest absolute Gasteiger partial charge is 0.259 e. The van der Waals surface area contributed by atoms with E-state index in [1.165, 1.54) is 6.07 Å². The maximum atomic E-state index is 14.8. The molecule has 1 aromatic carbocycles. The molecule has 3 aromatic heterocycles. The number of nitrogens with one attached hydrogen (secondary N) is 1. The lowest BCUT2D eigenvalue weighted by atomic mass is 10.1. The molecule has 10 heteroatoms. The van der Waals surface area contributed by atoms with Crippen LogP contribution in [0.1, 0.15) is 65.1 Å². The van der Waals surface area contributed by atoms with Gasteiger partial charge in [0, 0.05) is 18.7 Å². The first-order valence-corrected chi connectivity index (χ1v) is 11.7. The molecule has 0 radical (unpaired) electrons. The second kappa shape index (κ2) is 8.38. The fourth-order valence-electron chi connectivity index (χ4n) is 4.53. The van der Waals surface area contributed by atoms with Crippen LogP contribution in [0.25, 0.3) is 17.2 Å². The zero-order valence-corrected chi connectivity index (χ0v) is 19.1. The minimum absolute atomic E-state index is 0.0811. The Labute approximate surface area is 200 Å². The average molecular weight is 474 g/mol. The normalized spacial score (nSPS) is 17.3. The van der Waals surface area contributed by atoms with Crippen LogP contribution >= 0.6 is 0 Å². The lowest BCUT2D eigenvalue weighted by Gasteiger charge is -2.19. The number of halogens is 1. The Morgan fingerprint density at radius 2 is 2.06 bits per heavy atom. The Balaban J connectivity index is 1.27. The highest BCUT2D eigenvalue weighted by molar-refractivity contribution is 6.04. The number of nitrogens with zero attached hydrogens (tertiary/aromatic N) is 6. The van der Waals surface area contributed by atoms with E-state index in [0.717, 1.165) is 25.0 Å². The predicted octanol–water partition coefficient (Wildman–Crippen LogP) is 3.93. The molecule has 1 fully saturated rings. The quantitative estimate of drug-likeness (QED) is 0.454. The molecule has 1 aliphatic heterocycles. The molecule has 6 rings (SSSR count). The topological polar surface area (TPSA) is 111 Å². The number of benzene rings is 1. The van der Waals surface area contributed by atoms with E-state index in [9.17, 15) is 14.3 Å². The van der Waals surface area contributed by atoms with Gasteiger partial charge in [-0.15, -0.1) is 10.2 Å². The number of aromatic nitrogens is 6. The second-order valence-corrected chi connectivity index (χ2v) is 9.15. The molecule has 1 saturated carbocycles. The summed E-state index contributed by atoms with van der Waals surface area (Å²) in [5.41, 5.74) is 2.85. The molecule has 2 N–H and O–H groups in total. The molecule has 178 valence electrons. The first-order chi connectivity index (χ1) is 17.0. The molecule has 0 bridgehead atoms. The molecule has 0 spiro atoms. The van der Waals surface area contributed by atoms with E-state index < -0.39 is 17.8 Å². The van der Waals surface area contributed by atoms with Crippen molar-refractivity contribution in [1.29, 1.82) is 0 Å². The van der Waals surface area contributed by atoms with Gasteiger partial charge in [0.1, 0.15) is 23.4 Å². The number of imidazole rings is 1. The summed E-state index contributed by atoms with van der Waals surface area (Å²) in [7, 11) is 0. The van der Waals surface area contributed by atoms with Gasteiger partial charge in [0.15, 0.2) is 11.6 Å². The van der Waals surface area contributed by atoms with Crippen LogP contribution in [0.3, 0.4) is 0 Å². The van der Waals surface area contributed by atoms with E-state index in [2.05, 4.69) is 25.5 Å². The second-order valence-electron chi connectivity index (χ2n) is 9.15. The summed E-state index contributed by atoms with van der Waals surface area (Å²) in [4.78, 5) is 22.0. The number of fused-ring (bicyclic) bond motifs is 1. The number of aliphatic hydroxyl groups is 1. The summed E-state index contributed by atoms with van der Waals surface area (Å²) in [6.07, 6.45) is 6.73. The summed E-state index contributed by atoms with van der Waals surface area (Å²) < 4.78 is 18.5. The van der Waals surface area contributed by atoms with Crippen molar-refractivity contribution in [1.82, 2.24) is 29.3 Å². The first kappa shape index (κ1) is 21.6. The lowest BCUT2D eigenvalue weighted by molar-refractivity contribution is 0.102. The highest BCUT2D eigenvalue weighted by atomic mass is 19.1. The van der Waals surface area contributed by atoms with Crippen LogP contribution in [0.2, 0.25) is 0 Å². The Morgan fingerprint density at radius 1 is 1.20 bits per heavy atom. The van der Waals surface area contributed by atoms with Crippen molar-refractivity contribution in [2.45, 2.75) is 51.2 Å². The zero-order valence-electron chi connectivity index (χ0n) is 19.1. The van der Waals surface area contributed by atoms with Crippen molar-refractivity contribution in [2.24, 2.45) is 0 Å². The molecule has 1 aliphatic carbocycles. The number of carbonyl (C=O) groups excluding carboxylic acids is 1. The summed E-state index contributed by atoms with van der Waals surface area (Å²) in [5.74, 6) is 0.586. The fraction of sp³-hybridized carbons (Fsp3) is 0.320. The predicted molar refractivity (Wildman–Crippen MR) is 126 cm³/mol. The van der Waals surface area contributed by atoms with Crippen LogP contribution in [0.4, 0.5) is 10.2 Å². The third-order valence-electron chi connectivity index (χ3n) is 6.56. The third kappa shape index (κ3) is 3.99. The Bertz CT molecular complexity index is 1440. The van der Waals surface area contributed by atoms with Gasteiger partial charge in [0.05, 0.1) is 23.3 Å².